The first-order chi connectivity index (χ1) is 11.3. The molecule has 0 aromatic heterocycles. The fourth-order valence-corrected chi connectivity index (χ4v) is 4.04. The third kappa shape index (κ3) is 4.27. The normalized spacial score (nSPS) is 17.0. The van der Waals surface area contributed by atoms with Crippen LogP contribution in [0.15, 0.2) is 48.5 Å². The van der Waals surface area contributed by atoms with E-state index < -0.39 is 0 Å². The van der Waals surface area contributed by atoms with Gasteiger partial charge in [0.05, 0.1) is 13.2 Å². The van der Waals surface area contributed by atoms with E-state index in [0.717, 1.165) is 11.3 Å². The van der Waals surface area contributed by atoms with Crippen LogP contribution in [0.25, 0.3) is 0 Å². The Morgan fingerprint density at radius 1 is 1.00 bits per heavy atom. The van der Waals surface area contributed by atoms with Crippen molar-refractivity contribution < 1.29 is 9.13 Å². The molecular formula is C19H22FNOS. The molecule has 1 atom stereocenters. The van der Waals surface area contributed by atoms with Gasteiger partial charge >= 0.3 is 0 Å². The van der Waals surface area contributed by atoms with Crippen LogP contribution >= 0.6 is 11.8 Å². The van der Waals surface area contributed by atoms with Crippen LogP contribution in [0.3, 0.4) is 0 Å². The summed E-state index contributed by atoms with van der Waals surface area (Å²) in [5.74, 6) is 3.06. The standard InChI is InChI=1S/C19H22FNOS/c1-22-18-8-4-15(5-9-18)19(14-2-6-16(20)7-3-14)21-17-10-12-23-13-11-17/h2-9,17,19,21H,10-13H2,1H3. The van der Waals surface area contributed by atoms with Gasteiger partial charge in [0, 0.05) is 6.04 Å². The summed E-state index contributed by atoms with van der Waals surface area (Å²) in [5, 5.41) is 3.77. The van der Waals surface area contributed by atoms with Crippen LogP contribution in [0.2, 0.25) is 0 Å². The number of thioether (sulfide) groups is 1. The first-order valence-corrected chi connectivity index (χ1v) is 9.15. The highest BCUT2D eigenvalue weighted by Gasteiger charge is 2.21. The summed E-state index contributed by atoms with van der Waals surface area (Å²) in [5.41, 5.74) is 2.27. The molecule has 1 fully saturated rings. The van der Waals surface area contributed by atoms with Gasteiger partial charge in [-0.25, -0.2) is 4.39 Å². The summed E-state index contributed by atoms with van der Waals surface area (Å²) in [6.45, 7) is 0. The molecule has 0 spiro atoms. The van der Waals surface area contributed by atoms with Crippen molar-refractivity contribution in [3.05, 3.63) is 65.5 Å². The zero-order valence-electron chi connectivity index (χ0n) is 13.3. The Morgan fingerprint density at radius 3 is 2.13 bits per heavy atom. The summed E-state index contributed by atoms with van der Waals surface area (Å²) in [4.78, 5) is 0. The second-order valence-electron chi connectivity index (χ2n) is 5.81. The maximum atomic E-state index is 13.3. The number of rotatable bonds is 5. The zero-order valence-corrected chi connectivity index (χ0v) is 14.1. The van der Waals surface area contributed by atoms with Crippen molar-refractivity contribution in [1.82, 2.24) is 5.32 Å². The molecule has 0 saturated carbocycles. The SMILES string of the molecule is COc1ccc(C(NC2CCSCC2)c2ccc(F)cc2)cc1. The molecule has 23 heavy (non-hydrogen) atoms. The van der Waals surface area contributed by atoms with Gasteiger partial charge in [0.1, 0.15) is 11.6 Å². The van der Waals surface area contributed by atoms with Crippen molar-refractivity contribution in [3.8, 4) is 5.75 Å². The first kappa shape index (κ1) is 16.3. The molecule has 1 saturated heterocycles. The molecule has 1 unspecified atom stereocenters. The molecule has 122 valence electrons. The van der Waals surface area contributed by atoms with Crippen molar-refractivity contribution in [2.75, 3.05) is 18.6 Å². The van der Waals surface area contributed by atoms with Crippen LogP contribution in [-0.2, 0) is 0 Å². The lowest BCUT2D eigenvalue weighted by atomic mass is 9.96. The molecule has 2 aromatic carbocycles. The van der Waals surface area contributed by atoms with E-state index in [1.54, 1.807) is 7.11 Å². The monoisotopic (exact) mass is 331 g/mol. The molecule has 1 heterocycles. The van der Waals surface area contributed by atoms with Crippen molar-refractivity contribution in [1.29, 1.82) is 0 Å². The third-order valence-electron chi connectivity index (χ3n) is 4.28. The number of benzene rings is 2. The largest absolute Gasteiger partial charge is 0.497 e. The van der Waals surface area contributed by atoms with Crippen molar-refractivity contribution in [2.45, 2.75) is 24.9 Å². The van der Waals surface area contributed by atoms with Crippen LogP contribution in [0.5, 0.6) is 5.75 Å². The number of ether oxygens (including phenoxy) is 1. The van der Waals surface area contributed by atoms with Crippen molar-refractivity contribution >= 4 is 11.8 Å². The molecular weight excluding hydrogens is 309 g/mol. The highest BCUT2D eigenvalue weighted by molar-refractivity contribution is 7.99. The lowest BCUT2D eigenvalue weighted by Crippen LogP contribution is -2.36. The van der Waals surface area contributed by atoms with E-state index in [4.69, 9.17) is 4.74 Å². The van der Waals surface area contributed by atoms with E-state index in [-0.39, 0.29) is 11.9 Å². The van der Waals surface area contributed by atoms with Crippen LogP contribution in [0.4, 0.5) is 4.39 Å². The van der Waals surface area contributed by atoms with E-state index in [0.29, 0.717) is 6.04 Å². The predicted molar refractivity (Wildman–Crippen MR) is 94.7 cm³/mol. The number of halogens is 1. The van der Waals surface area contributed by atoms with E-state index in [2.05, 4.69) is 17.4 Å². The van der Waals surface area contributed by atoms with Gasteiger partial charge < -0.3 is 10.1 Å². The molecule has 0 aliphatic carbocycles. The Balaban J connectivity index is 1.86. The molecule has 3 rings (SSSR count). The zero-order chi connectivity index (χ0) is 16.1. The van der Waals surface area contributed by atoms with Gasteiger partial charge in [-0.3, -0.25) is 0 Å². The van der Waals surface area contributed by atoms with Crippen LogP contribution < -0.4 is 10.1 Å². The number of hydrogen-bond acceptors (Lipinski definition) is 3. The van der Waals surface area contributed by atoms with Gasteiger partial charge in [0.25, 0.3) is 0 Å². The molecule has 1 aliphatic heterocycles. The van der Waals surface area contributed by atoms with Crippen molar-refractivity contribution in [2.24, 2.45) is 0 Å². The molecule has 4 heteroatoms. The third-order valence-corrected chi connectivity index (χ3v) is 5.32. The second-order valence-corrected chi connectivity index (χ2v) is 7.04. The Morgan fingerprint density at radius 2 is 1.57 bits per heavy atom. The van der Waals surface area contributed by atoms with Crippen LogP contribution in [-0.4, -0.2) is 24.7 Å². The van der Waals surface area contributed by atoms with Gasteiger partial charge in [0.15, 0.2) is 0 Å². The minimum Gasteiger partial charge on any atom is -0.497 e. The minimum atomic E-state index is -0.198. The number of nitrogens with one attached hydrogen (secondary N) is 1. The fraction of sp³-hybridized carbons (Fsp3) is 0.368. The van der Waals surface area contributed by atoms with Crippen molar-refractivity contribution in [3.63, 3.8) is 0 Å². The fourth-order valence-electron chi connectivity index (χ4n) is 2.94. The van der Waals surface area contributed by atoms with Gasteiger partial charge in [-0.2, -0.15) is 11.8 Å². The summed E-state index contributed by atoms with van der Waals surface area (Å²) in [7, 11) is 1.67. The summed E-state index contributed by atoms with van der Waals surface area (Å²) >= 11 is 2.02. The lowest BCUT2D eigenvalue weighted by Gasteiger charge is -2.29. The van der Waals surface area contributed by atoms with Crippen LogP contribution in [0, 0.1) is 5.82 Å². The number of hydrogen-bond donors (Lipinski definition) is 1. The smallest absolute Gasteiger partial charge is 0.123 e. The Hall–Kier alpha value is -1.52. The topological polar surface area (TPSA) is 21.3 Å². The molecule has 0 radical (unpaired) electrons. The van der Waals surface area contributed by atoms with E-state index in [1.807, 2.05) is 36.0 Å². The summed E-state index contributed by atoms with van der Waals surface area (Å²) in [6, 6.07) is 15.5. The molecule has 2 aromatic rings. The van der Waals surface area contributed by atoms with Gasteiger partial charge in [0.2, 0.25) is 0 Å². The predicted octanol–water partition coefficient (Wildman–Crippen LogP) is 4.41. The highest BCUT2D eigenvalue weighted by atomic mass is 32.2. The summed E-state index contributed by atoms with van der Waals surface area (Å²) < 4.78 is 18.5. The quantitative estimate of drug-likeness (QED) is 0.877. The van der Waals surface area contributed by atoms with E-state index in [1.165, 1.54) is 42.0 Å². The highest BCUT2D eigenvalue weighted by Crippen LogP contribution is 2.27. The second kappa shape index (κ2) is 7.84. The van der Waals surface area contributed by atoms with Crippen LogP contribution in [0.1, 0.15) is 30.0 Å². The van der Waals surface area contributed by atoms with E-state index in [9.17, 15) is 4.39 Å². The molecule has 1 N–H and O–H groups in total. The first-order valence-electron chi connectivity index (χ1n) is 7.99. The Bertz CT molecular complexity index is 608. The Kier molecular flexibility index (Phi) is 5.57. The molecule has 1 aliphatic rings. The molecule has 0 amide bonds. The maximum absolute atomic E-state index is 13.3. The lowest BCUT2D eigenvalue weighted by molar-refractivity contribution is 0.413. The average molecular weight is 331 g/mol. The minimum absolute atomic E-state index is 0.0783. The average Bonchev–Trinajstić information content (AvgIpc) is 2.62. The maximum Gasteiger partial charge on any atom is 0.123 e. The Labute approximate surface area is 141 Å². The molecule has 0 bridgehead atoms. The number of methoxy groups -OCH3 is 1. The summed E-state index contributed by atoms with van der Waals surface area (Å²) in [6.07, 6.45) is 2.36. The molecule has 2 nitrogen and oxygen atoms in total. The van der Waals surface area contributed by atoms with Gasteiger partial charge in [-0.15, -0.1) is 0 Å². The van der Waals surface area contributed by atoms with E-state index >= 15 is 0 Å². The van der Waals surface area contributed by atoms with Gasteiger partial charge in [-0.1, -0.05) is 24.3 Å². The van der Waals surface area contributed by atoms with Gasteiger partial charge in [-0.05, 0) is 59.7 Å².